The molecule has 110 valence electrons. The Morgan fingerprint density at radius 3 is 2.65 bits per heavy atom. The first-order valence-electron chi connectivity index (χ1n) is 5.95. The number of benzene rings is 1. The van der Waals surface area contributed by atoms with Gasteiger partial charge in [0.1, 0.15) is 6.10 Å². The number of aryl methyl sites for hydroxylation is 2. The summed E-state index contributed by atoms with van der Waals surface area (Å²) in [5, 5.41) is 11.6. The quantitative estimate of drug-likeness (QED) is 0.662. The Hall–Kier alpha value is -1.05. The fraction of sp³-hybridized carbons (Fsp3) is 0.385. The van der Waals surface area contributed by atoms with Gasteiger partial charge in [0.05, 0.1) is 12.3 Å². The molecule has 5 nitrogen and oxygen atoms in total. The van der Waals surface area contributed by atoms with Crippen molar-refractivity contribution in [1.82, 2.24) is 5.32 Å². The highest BCUT2D eigenvalue weighted by Crippen LogP contribution is 2.28. The summed E-state index contributed by atoms with van der Waals surface area (Å²) in [6, 6.07) is 4.02. The van der Waals surface area contributed by atoms with Crippen molar-refractivity contribution in [1.29, 1.82) is 0 Å². The zero-order chi connectivity index (χ0) is 15.3. The second kappa shape index (κ2) is 7.66. The van der Waals surface area contributed by atoms with Gasteiger partial charge in [-0.25, -0.2) is 0 Å². The zero-order valence-corrected chi connectivity index (χ0v) is 13.7. The van der Waals surface area contributed by atoms with Crippen LogP contribution in [0.4, 0.5) is 0 Å². The van der Waals surface area contributed by atoms with Crippen molar-refractivity contribution in [2.45, 2.75) is 24.8 Å². The van der Waals surface area contributed by atoms with Crippen LogP contribution in [-0.2, 0) is 9.59 Å². The zero-order valence-electron chi connectivity index (χ0n) is 11.3. The maximum absolute atomic E-state index is 11.6. The lowest BCUT2D eigenvalue weighted by Gasteiger charge is -2.10. The van der Waals surface area contributed by atoms with Crippen LogP contribution in [0.5, 0.6) is 0 Å². The number of nitrogens with one attached hydrogen (secondary N) is 1. The molecular formula is C13H17BrN2O3S. The Bertz CT molecular complexity index is 523. The Morgan fingerprint density at radius 2 is 2.05 bits per heavy atom. The molecule has 0 bridgehead atoms. The molecule has 7 heteroatoms. The number of thioether (sulfide) groups is 1. The molecule has 1 aromatic carbocycles. The first kappa shape index (κ1) is 17.0. The van der Waals surface area contributed by atoms with E-state index in [1.807, 2.05) is 26.0 Å². The number of hydrogen-bond acceptors (Lipinski definition) is 4. The third kappa shape index (κ3) is 5.15. The molecule has 0 saturated heterocycles. The number of carbonyl (C=O) groups excluding carboxylic acids is 2. The van der Waals surface area contributed by atoms with Crippen LogP contribution in [0.2, 0.25) is 0 Å². The maximum atomic E-state index is 11.6. The van der Waals surface area contributed by atoms with Crippen molar-refractivity contribution in [2.75, 3.05) is 12.3 Å². The number of nitrogens with two attached hydrogens (primary N) is 1. The Kier molecular flexibility index (Phi) is 6.51. The van der Waals surface area contributed by atoms with E-state index in [9.17, 15) is 14.7 Å². The normalized spacial score (nSPS) is 12.0. The Morgan fingerprint density at radius 1 is 1.40 bits per heavy atom. The van der Waals surface area contributed by atoms with E-state index in [0.29, 0.717) is 0 Å². The fourth-order valence-corrected chi connectivity index (χ4v) is 2.81. The molecule has 2 amide bonds. The predicted octanol–water partition coefficient (Wildman–Crippen LogP) is 1.12. The van der Waals surface area contributed by atoms with Gasteiger partial charge in [0, 0.05) is 9.37 Å². The molecule has 1 aromatic rings. The van der Waals surface area contributed by atoms with Crippen molar-refractivity contribution in [2.24, 2.45) is 5.73 Å². The van der Waals surface area contributed by atoms with Gasteiger partial charge in [-0.3, -0.25) is 9.59 Å². The summed E-state index contributed by atoms with van der Waals surface area (Å²) in [6.07, 6.45) is -1.35. The number of amides is 2. The van der Waals surface area contributed by atoms with E-state index in [4.69, 9.17) is 5.73 Å². The molecule has 0 heterocycles. The third-order valence-electron chi connectivity index (χ3n) is 2.64. The third-order valence-corrected chi connectivity index (χ3v) is 4.65. The van der Waals surface area contributed by atoms with Crippen LogP contribution in [-0.4, -0.2) is 35.3 Å². The van der Waals surface area contributed by atoms with Gasteiger partial charge in [0.2, 0.25) is 11.8 Å². The number of halogens is 1. The van der Waals surface area contributed by atoms with Crippen LogP contribution in [0.25, 0.3) is 0 Å². The number of aliphatic hydroxyl groups is 1. The summed E-state index contributed by atoms with van der Waals surface area (Å²) in [6.45, 7) is 3.80. The van der Waals surface area contributed by atoms with Gasteiger partial charge in [-0.1, -0.05) is 15.9 Å². The average molecular weight is 361 g/mol. The molecule has 0 aliphatic carbocycles. The molecule has 1 rings (SSSR count). The van der Waals surface area contributed by atoms with E-state index in [1.54, 1.807) is 0 Å². The van der Waals surface area contributed by atoms with E-state index < -0.39 is 12.0 Å². The topological polar surface area (TPSA) is 92.4 Å². The van der Waals surface area contributed by atoms with Crippen LogP contribution in [0.15, 0.2) is 21.5 Å². The minimum atomic E-state index is -1.35. The first-order valence-corrected chi connectivity index (χ1v) is 7.72. The Labute approximate surface area is 130 Å². The molecule has 1 unspecified atom stereocenters. The molecule has 4 N–H and O–H groups in total. The lowest BCUT2D eigenvalue weighted by atomic mass is 10.2. The SMILES string of the molecule is Cc1cc(SCC(=O)NCC(O)C(N)=O)c(C)cc1Br. The van der Waals surface area contributed by atoms with Crippen LogP contribution in [0.1, 0.15) is 11.1 Å². The van der Waals surface area contributed by atoms with Gasteiger partial charge in [0.25, 0.3) is 0 Å². The monoisotopic (exact) mass is 360 g/mol. The van der Waals surface area contributed by atoms with Crippen molar-refractivity contribution in [3.63, 3.8) is 0 Å². The van der Waals surface area contributed by atoms with Gasteiger partial charge >= 0.3 is 0 Å². The van der Waals surface area contributed by atoms with Crippen molar-refractivity contribution in [3.8, 4) is 0 Å². The van der Waals surface area contributed by atoms with Gasteiger partial charge < -0.3 is 16.2 Å². The van der Waals surface area contributed by atoms with Gasteiger partial charge in [0.15, 0.2) is 0 Å². The molecule has 0 aromatic heterocycles. The molecule has 0 aliphatic heterocycles. The van der Waals surface area contributed by atoms with E-state index >= 15 is 0 Å². The molecule has 0 fully saturated rings. The number of hydrogen-bond donors (Lipinski definition) is 3. The average Bonchev–Trinajstić information content (AvgIpc) is 2.38. The highest BCUT2D eigenvalue weighted by molar-refractivity contribution is 9.10. The summed E-state index contributed by atoms with van der Waals surface area (Å²) >= 11 is 4.86. The summed E-state index contributed by atoms with van der Waals surface area (Å²) < 4.78 is 1.04. The predicted molar refractivity (Wildman–Crippen MR) is 82.6 cm³/mol. The molecule has 1 atom stereocenters. The number of rotatable bonds is 6. The summed E-state index contributed by atoms with van der Waals surface area (Å²) in [7, 11) is 0. The maximum Gasteiger partial charge on any atom is 0.248 e. The fourth-order valence-electron chi connectivity index (χ4n) is 1.42. The second-order valence-corrected chi connectivity index (χ2v) is 6.25. The van der Waals surface area contributed by atoms with Crippen LogP contribution < -0.4 is 11.1 Å². The van der Waals surface area contributed by atoms with Crippen LogP contribution in [0, 0.1) is 13.8 Å². The lowest BCUT2D eigenvalue weighted by Crippen LogP contribution is -2.40. The standard InChI is InChI=1S/C13H17BrN2O3S/c1-7-4-11(8(2)3-9(7)14)20-6-12(18)16-5-10(17)13(15)19/h3-4,10,17H,5-6H2,1-2H3,(H2,15,19)(H,16,18). The number of aliphatic hydroxyl groups excluding tert-OH is 1. The summed E-state index contributed by atoms with van der Waals surface area (Å²) in [4.78, 5) is 23.2. The Balaban J connectivity index is 2.49. The summed E-state index contributed by atoms with van der Waals surface area (Å²) in [5.41, 5.74) is 7.07. The molecular weight excluding hydrogens is 344 g/mol. The van der Waals surface area contributed by atoms with Crippen molar-refractivity contribution >= 4 is 39.5 Å². The molecule has 20 heavy (non-hydrogen) atoms. The lowest BCUT2D eigenvalue weighted by molar-refractivity contribution is -0.126. The summed E-state index contributed by atoms with van der Waals surface area (Å²) in [5.74, 6) is -0.888. The largest absolute Gasteiger partial charge is 0.381 e. The van der Waals surface area contributed by atoms with Crippen LogP contribution in [0.3, 0.4) is 0 Å². The number of primary amides is 1. The van der Waals surface area contributed by atoms with Gasteiger partial charge in [-0.2, -0.15) is 0 Å². The van der Waals surface area contributed by atoms with E-state index in [1.165, 1.54) is 11.8 Å². The van der Waals surface area contributed by atoms with Crippen molar-refractivity contribution < 1.29 is 14.7 Å². The van der Waals surface area contributed by atoms with Crippen LogP contribution >= 0.6 is 27.7 Å². The number of carbonyl (C=O) groups is 2. The van der Waals surface area contributed by atoms with Gasteiger partial charge in [-0.05, 0) is 37.1 Å². The van der Waals surface area contributed by atoms with E-state index in [0.717, 1.165) is 20.5 Å². The van der Waals surface area contributed by atoms with E-state index in [2.05, 4.69) is 21.2 Å². The highest BCUT2D eigenvalue weighted by Gasteiger charge is 2.12. The molecule has 0 saturated carbocycles. The molecule has 0 radical (unpaired) electrons. The smallest absolute Gasteiger partial charge is 0.248 e. The minimum absolute atomic E-state index is 0.160. The minimum Gasteiger partial charge on any atom is -0.381 e. The molecule has 0 aliphatic rings. The molecule has 0 spiro atoms. The van der Waals surface area contributed by atoms with Gasteiger partial charge in [-0.15, -0.1) is 11.8 Å². The van der Waals surface area contributed by atoms with Crippen molar-refractivity contribution in [3.05, 3.63) is 27.7 Å². The first-order chi connectivity index (χ1) is 9.31. The van der Waals surface area contributed by atoms with E-state index in [-0.39, 0.29) is 18.2 Å². The second-order valence-electron chi connectivity index (χ2n) is 4.38. The highest BCUT2D eigenvalue weighted by atomic mass is 79.9.